The fraction of sp³-hybridized carbons (Fsp3) is 0.562. The first kappa shape index (κ1) is 17.0. The van der Waals surface area contributed by atoms with Crippen LogP contribution in [0.2, 0.25) is 0 Å². The minimum atomic E-state index is -3.71. The van der Waals surface area contributed by atoms with Gasteiger partial charge in [-0.3, -0.25) is 10.2 Å². The highest BCUT2D eigenvalue weighted by Crippen LogP contribution is 2.23. The fourth-order valence-corrected chi connectivity index (χ4v) is 3.61. The molecule has 0 radical (unpaired) electrons. The van der Waals surface area contributed by atoms with Gasteiger partial charge in [0.2, 0.25) is 5.91 Å². The molecule has 122 valence electrons. The molecule has 1 aromatic rings. The van der Waals surface area contributed by atoms with Crippen molar-refractivity contribution < 1.29 is 13.2 Å². The molecule has 5 nitrogen and oxygen atoms in total. The summed E-state index contributed by atoms with van der Waals surface area (Å²) in [5, 5.41) is 0. The molecule has 1 saturated carbocycles. The Bertz CT molecular complexity index is 590. The van der Waals surface area contributed by atoms with Gasteiger partial charge in [-0.2, -0.15) is 0 Å². The lowest BCUT2D eigenvalue weighted by Crippen LogP contribution is -2.44. The molecule has 2 N–H and O–H groups in total. The van der Waals surface area contributed by atoms with Gasteiger partial charge in [0.05, 0.1) is 4.90 Å². The fourth-order valence-electron chi connectivity index (χ4n) is 2.77. The van der Waals surface area contributed by atoms with Crippen molar-refractivity contribution in [1.82, 2.24) is 10.3 Å². The van der Waals surface area contributed by atoms with E-state index in [2.05, 4.69) is 17.2 Å². The summed E-state index contributed by atoms with van der Waals surface area (Å²) in [7, 11) is -3.71. The highest BCUT2D eigenvalue weighted by atomic mass is 32.2. The molecule has 0 spiro atoms. The third-order valence-electron chi connectivity index (χ3n) is 4.06. The molecule has 0 atom stereocenters. The topological polar surface area (TPSA) is 75.3 Å². The Kier molecular flexibility index (Phi) is 5.97. The lowest BCUT2D eigenvalue weighted by molar-refractivity contribution is -0.126. The summed E-state index contributed by atoms with van der Waals surface area (Å²) >= 11 is 0. The standard InChI is InChI=1S/C16H24N2O3S/c1-2-6-13-9-11-15(12-10-13)22(20,21)18-17-16(19)14-7-4-3-5-8-14/h9-12,14,18H,2-8H2,1H3,(H,17,19). The average Bonchev–Trinajstić information content (AvgIpc) is 2.54. The van der Waals surface area contributed by atoms with Crippen molar-refractivity contribution in [1.29, 1.82) is 0 Å². The number of aryl methyl sites for hydroxylation is 1. The van der Waals surface area contributed by atoms with Gasteiger partial charge in [-0.1, -0.05) is 44.7 Å². The zero-order valence-electron chi connectivity index (χ0n) is 13.0. The Morgan fingerprint density at radius 3 is 2.36 bits per heavy atom. The highest BCUT2D eigenvalue weighted by Gasteiger charge is 2.22. The third-order valence-corrected chi connectivity index (χ3v) is 5.32. The molecule has 0 bridgehead atoms. The van der Waals surface area contributed by atoms with E-state index in [9.17, 15) is 13.2 Å². The van der Waals surface area contributed by atoms with Crippen LogP contribution in [-0.2, 0) is 21.2 Å². The minimum Gasteiger partial charge on any atom is -0.277 e. The van der Waals surface area contributed by atoms with E-state index in [-0.39, 0.29) is 16.7 Å². The summed E-state index contributed by atoms with van der Waals surface area (Å²) in [6.45, 7) is 2.08. The SMILES string of the molecule is CCCc1ccc(S(=O)(=O)NNC(=O)C2CCCCC2)cc1. The molecular weight excluding hydrogens is 300 g/mol. The maximum Gasteiger partial charge on any atom is 0.257 e. The van der Waals surface area contributed by atoms with E-state index in [0.717, 1.165) is 50.5 Å². The number of carbonyl (C=O) groups is 1. The van der Waals surface area contributed by atoms with Crippen LogP contribution in [0.3, 0.4) is 0 Å². The number of hydrogen-bond donors (Lipinski definition) is 2. The van der Waals surface area contributed by atoms with Crippen molar-refractivity contribution in [2.75, 3.05) is 0 Å². The van der Waals surface area contributed by atoms with Gasteiger partial charge in [0, 0.05) is 5.92 Å². The third kappa shape index (κ3) is 4.55. The van der Waals surface area contributed by atoms with E-state index < -0.39 is 10.0 Å². The van der Waals surface area contributed by atoms with Crippen LogP contribution in [-0.4, -0.2) is 14.3 Å². The van der Waals surface area contributed by atoms with Gasteiger partial charge in [-0.25, -0.2) is 8.42 Å². The summed E-state index contributed by atoms with van der Waals surface area (Å²) in [4.78, 5) is 14.3. The number of carbonyl (C=O) groups excluding carboxylic acids is 1. The van der Waals surface area contributed by atoms with Gasteiger partial charge in [0.15, 0.2) is 0 Å². The van der Waals surface area contributed by atoms with Crippen LogP contribution in [0.15, 0.2) is 29.2 Å². The Labute approximate surface area is 132 Å². The van der Waals surface area contributed by atoms with Crippen LogP contribution >= 0.6 is 0 Å². The molecule has 0 heterocycles. The van der Waals surface area contributed by atoms with Crippen LogP contribution in [0.4, 0.5) is 0 Å². The minimum absolute atomic E-state index is 0.0802. The summed E-state index contributed by atoms with van der Waals surface area (Å²) in [6.07, 6.45) is 6.82. The molecule has 0 saturated heterocycles. The number of nitrogens with one attached hydrogen (secondary N) is 2. The van der Waals surface area contributed by atoms with Crippen LogP contribution in [0.1, 0.15) is 51.0 Å². The van der Waals surface area contributed by atoms with E-state index in [4.69, 9.17) is 0 Å². The van der Waals surface area contributed by atoms with Gasteiger partial charge in [0.25, 0.3) is 10.0 Å². The lowest BCUT2D eigenvalue weighted by atomic mass is 9.89. The second kappa shape index (κ2) is 7.74. The van der Waals surface area contributed by atoms with E-state index in [0.29, 0.717) is 0 Å². The number of hydrogen-bond acceptors (Lipinski definition) is 3. The van der Waals surface area contributed by atoms with Crippen molar-refractivity contribution in [2.45, 2.75) is 56.8 Å². The zero-order chi connectivity index (χ0) is 16.0. The molecule has 0 unspecified atom stereocenters. The second-order valence-corrected chi connectivity index (χ2v) is 7.51. The molecular formula is C16H24N2O3S. The first-order valence-electron chi connectivity index (χ1n) is 7.93. The molecule has 0 aromatic heterocycles. The molecule has 1 amide bonds. The van der Waals surface area contributed by atoms with Gasteiger partial charge in [-0.15, -0.1) is 4.83 Å². The lowest BCUT2D eigenvalue weighted by Gasteiger charge is -2.20. The molecule has 22 heavy (non-hydrogen) atoms. The first-order chi connectivity index (χ1) is 10.5. The summed E-state index contributed by atoms with van der Waals surface area (Å²) < 4.78 is 24.3. The van der Waals surface area contributed by atoms with Gasteiger partial charge >= 0.3 is 0 Å². The maximum absolute atomic E-state index is 12.2. The van der Waals surface area contributed by atoms with E-state index in [1.165, 1.54) is 0 Å². The zero-order valence-corrected chi connectivity index (χ0v) is 13.8. The van der Waals surface area contributed by atoms with Crippen molar-refractivity contribution >= 4 is 15.9 Å². The monoisotopic (exact) mass is 324 g/mol. The number of amides is 1. The number of sulfonamides is 1. The predicted molar refractivity (Wildman–Crippen MR) is 85.5 cm³/mol. The average molecular weight is 324 g/mol. The van der Waals surface area contributed by atoms with Gasteiger partial charge in [-0.05, 0) is 37.0 Å². The molecule has 6 heteroatoms. The Hall–Kier alpha value is -1.40. The Morgan fingerprint density at radius 2 is 1.77 bits per heavy atom. The summed E-state index contributed by atoms with van der Waals surface area (Å²) in [5.74, 6) is -0.311. The van der Waals surface area contributed by atoms with Crippen LogP contribution in [0.25, 0.3) is 0 Å². The normalized spacial score (nSPS) is 16.4. The maximum atomic E-state index is 12.2. The summed E-state index contributed by atoms with van der Waals surface area (Å²) in [5.41, 5.74) is 3.46. The van der Waals surface area contributed by atoms with Crippen LogP contribution in [0, 0.1) is 5.92 Å². The summed E-state index contributed by atoms with van der Waals surface area (Å²) in [6, 6.07) is 6.75. The molecule has 1 aliphatic carbocycles. The second-order valence-electron chi connectivity index (χ2n) is 5.82. The molecule has 0 aliphatic heterocycles. The Morgan fingerprint density at radius 1 is 1.14 bits per heavy atom. The first-order valence-corrected chi connectivity index (χ1v) is 9.42. The Balaban J connectivity index is 1.93. The van der Waals surface area contributed by atoms with Crippen molar-refractivity contribution in [3.05, 3.63) is 29.8 Å². The van der Waals surface area contributed by atoms with Crippen LogP contribution in [0.5, 0.6) is 0 Å². The van der Waals surface area contributed by atoms with Crippen LogP contribution < -0.4 is 10.3 Å². The largest absolute Gasteiger partial charge is 0.277 e. The number of hydrazine groups is 1. The van der Waals surface area contributed by atoms with E-state index >= 15 is 0 Å². The van der Waals surface area contributed by atoms with Crippen molar-refractivity contribution in [2.24, 2.45) is 5.92 Å². The smallest absolute Gasteiger partial charge is 0.257 e. The predicted octanol–water partition coefficient (Wildman–Crippen LogP) is 2.53. The molecule has 1 fully saturated rings. The van der Waals surface area contributed by atoms with Gasteiger partial charge < -0.3 is 0 Å². The van der Waals surface area contributed by atoms with E-state index in [1.54, 1.807) is 24.3 Å². The number of rotatable bonds is 6. The molecule has 1 aliphatic rings. The van der Waals surface area contributed by atoms with Gasteiger partial charge in [0.1, 0.15) is 0 Å². The van der Waals surface area contributed by atoms with Crippen molar-refractivity contribution in [3.8, 4) is 0 Å². The van der Waals surface area contributed by atoms with Crippen molar-refractivity contribution in [3.63, 3.8) is 0 Å². The molecule has 1 aromatic carbocycles. The highest BCUT2D eigenvalue weighted by molar-refractivity contribution is 7.89. The van der Waals surface area contributed by atoms with E-state index in [1.807, 2.05) is 0 Å². The number of benzene rings is 1. The quantitative estimate of drug-likeness (QED) is 0.790. The molecule has 2 rings (SSSR count).